The van der Waals surface area contributed by atoms with Crippen LogP contribution in [0.2, 0.25) is 0 Å². The maximum atomic E-state index is 11.6. The van der Waals surface area contributed by atoms with Gasteiger partial charge in [0.15, 0.2) is 12.2 Å². The number of ether oxygens (including phenoxy) is 1. The van der Waals surface area contributed by atoms with Gasteiger partial charge < -0.3 is 98.9 Å². The first-order valence-corrected chi connectivity index (χ1v) is 10.3. The number of carbonyl (C=O) groups excluding carboxylic acids is 3. The van der Waals surface area contributed by atoms with Crippen LogP contribution >= 0.6 is 0 Å². The number of carboxylic acid groups (broad SMARTS) is 2. The summed E-state index contributed by atoms with van der Waals surface area (Å²) in [6.07, 6.45) is -26.6. The van der Waals surface area contributed by atoms with Gasteiger partial charge in [0.2, 0.25) is 0 Å². The number of aliphatic carboxylic acids is 2. The van der Waals surface area contributed by atoms with Gasteiger partial charge in [-0.05, 0) is 0 Å². The molecule has 0 aromatic carbocycles. The number of hydrogen-bond acceptors (Lipinski definition) is 20. The summed E-state index contributed by atoms with van der Waals surface area (Å²) in [7, 11) is 0. The van der Waals surface area contributed by atoms with Crippen LogP contribution in [-0.2, 0) is 19.1 Å². The predicted molar refractivity (Wildman–Crippen MR) is 121 cm³/mol. The fraction of sp³-hybridized carbons (Fsp3) is 0.833. The van der Waals surface area contributed by atoms with Gasteiger partial charge in [-0.1, -0.05) is 0 Å². The first kappa shape index (κ1) is 47.3. The first-order chi connectivity index (χ1) is 17.4. The number of carboxylic acids is 2. The third kappa shape index (κ3) is 15.7. The molecule has 20 nitrogen and oxygen atoms in total. The van der Waals surface area contributed by atoms with Crippen molar-refractivity contribution in [2.75, 3.05) is 19.8 Å². The van der Waals surface area contributed by atoms with Crippen LogP contribution in [0, 0.1) is 0 Å². The quantitative estimate of drug-likeness (QED) is 0.0544. The number of aliphatic hydroxyl groups is 14. The van der Waals surface area contributed by atoms with E-state index in [0.29, 0.717) is 0 Å². The summed E-state index contributed by atoms with van der Waals surface area (Å²) in [6.45, 7) is -2.97. The van der Waals surface area contributed by atoms with Crippen molar-refractivity contribution in [1.29, 1.82) is 0 Å². The van der Waals surface area contributed by atoms with Gasteiger partial charge in [0.25, 0.3) is 0 Å². The van der Waals surface area contributed by atoms with E-state index in [1.807, 2.05) is 0 Å². The van der Waals surface area contributed by atoms with Gasteiger partial charge in [-0.25, -0.2) is 4.79 Å². The van der Waals surface area contributed by atoms with Crippen LogP contribution in [0.25, 0.3) is 0 Å². The largest absolute Gasteiger partial charge is 2.00 e. The Bertz CT molecular complexity index is 729. The zero-order valence-electron chi connectivity index (χ0n) is 22.7. The molecule has 12 atom stereocenters. The summed E-state index contributed by atoms with van der Waals surface area (Å²) >= 11 is 0. The second-order valence-electron chi connectivity index (χ2n) is 7.58. The molecule has 0 unspecified atom stereocenters. The van der Waals surface area contributed by atoms with Crippen molar-refractivity contribution in [2.45, 2.75) is 73.2 Å². The molecule has 0 amide bonds. The van der Waals surface area contributed by atoms with E-state index < -0.39 is 111 Å². The van der Waals surface area contributed by atoms with Crippen LogP contribution in [-0.4, -0.2) is 258 Å². The Balaban J connectivity index is -0.000000164. The molecule has 0 aliphatic carbocycles. The van der Waals surface area contributed by atoms with Crippen molar-refractivity contribution in [3.8, 4) is 0 Å². The molecule has 22 heteroatoms. The molecule has 230 valence electrons. The molecule has 0 bridgehead atoms. The summed E-state index contributed by atoms with van der Waals surface area (Å²) in [5, 5.41) is 147. The Morgan fingerprint density at radius 1 is 0.525 bits per heavy atom. The molecule has 0 heterocycles. The van der Waals surface area contributed by atoms with E-state index in [-0.39, 0.29) is 78.3 Å². The molecule has 0 aliphatic rings. The summed E-state index contributed by atoms with van der Waals surface area (Å²) in [5.74, 6) is -6.12. The first-order valence-electron chi connectivity index (χ1n) is 10.3. The zero-order chi connectivity index (χ0) is 30.5. The fourth-order valence-corrected chi connectivity index (χ4v) is 2.29. The minimum Gasteiger partial charge on any atom is -1.00 e. The normalized spacial score (nSPS) is 19.9. The second-order valence-corrected chi connectivity index (χ2v) is 7.58. The van der Waals surface area contributed by atoms with Crippen molar-refractivity contribution in [3.05, 3.63) is 0 Å². The van der Waals surface area contributed by atoms with Crippen molar-refractivity contribution in [2.24, 2.45) is 0 Å². The maximum Gasteiger partial charge on any atom is 2.00 e. The van der Waals surface area contributed by atoms with Crippen molar-refractivity contribution >= 4 is 93.4 Å². The van der Waals surface area contributed by atoms with E-state index in [1.165, 1.54) is 0 Å². The van der Waals surface area contributed by atoms with Crippen molar-refractivity contribution in [1.82, 2.24) is 0 Å². The van der Waals surface area contributed by atoms with Crippen molar-refractivity contribution in [3.63, 3.8) is 0 Å². The van der Waals surface area contributed by atoms with E-state index in [9.17, 15) is 50.1 Å². The Morgan fingerprint density at radius 3 is 1.10 bits per heavy atom. The number of hydrogen-bond donors (Lipinski definition) is 14. The smallest absolute Gasteiger partial charge is 1.00 e. The van der Waals surface area contributed by atoms with Gasteiger partial charge in [-0.15, -0.1) is 0 Å². The molecule has 0 aromatic rings. The minimum atomic E-state index is -2.62. The van der Waals surface area contributed by atoms with Crippen LogP contribution in [0.5, 0.6) is 0 Å². The van der Waals surface area contributed by atoms with Crippen LogP contribution in [0.4, 0.5) is 0 Å². The summed E-state index contributed by atoms with van der Waals surface area (Å²) < 4.78 is 4.17. The molecule has 40 heavy (non-hydrogen) atoms. The molecule has 0 spiro atoms. The van der Waals surface area contributed by atoms with E-state index in [2.05, 4.69) is 4.74 Å². The summed E-state index contributed by atoms with van der Waals surface area (Å²) in [5.41, 5.74) is 0. The van der Waals surface area contributed by atoms with Gasteiger partial charge in [0.1, 0.15) is 61.0 Å². The minimum absolute atomic E-state index is 0. The predicted octanol–water partition coefficient (Wildman–Crippen LogP) is -13.2. The standard InChI is InChI=1S/C12H22O13.C6H12O7.2Ca.2H/c13-1-3(15)5(17)7(19)9(21)12(24)25-10(11(22)23)8(20)6(18)4(16)2-14;7-1-2(8)3(9)4(10)5(11)6(12)13;;;;/h3-10,13-21H,1-2H2,(H,22,23);2-5,7-11H,1H2,(H,12,13);;;;/q;;2*+2;2*-1/p-2/t3-,4-,5-,6-,7+,8+,9-,10-;2-,3-,4+,5-;;;;/m11..../s1. The number of aliphatic hydroxyl groups excluding tert-OH is 14. The van der Waals surface area contributed by atoms with Crippen molar-refractivity contribution < 1.29 is 104 Å². The molecule has 14 N–H and O–H groups in total. The average molecular weight is 651 g/mol. The Hall–Kier alpha value is 0.369. The molecule has 0 radical (unpaired) electrons. The maximum absolute atomic E-state index is 11.6. The Labute approximate surface area is 287 Å². The molecule has 0 fully saturated rings. The molecule has 0 aromatic heterocycles. The Kier molecular flexibility index (Phi) is 28.1. The molecule has 0 saturated carbocycles. The van der Waals surface area contributed by atoms with Gasteiger partial charge in [0, 0.05) is 0 Å². The summed E-state index contributed by atoms with van der Waals surface area (Å²) in [4.78, 5) is 32.5. The third-order valence-electron chi connectivity index (χ3n) is 4.71. The van der Waals surface area contributed by atoms with Gasteiger partial charge in [0.05, 0.1) is 31.8 Å². The van der Waals surface area contributed by atoms with E-state index in [0.717, 1.165) is 0 Å². The van der Waals surface area contributed by atoms with E-state index >= 15 is 0 Å². The number of rotatable bonds is 16. The zero-order valence-corrected chi connectivity index (χ0v) is 25.1. The van der Waals surface area contributed by atoms with Crippen LogP contribution < -0.4 is 10.2 Å². The average Bonchev–Trinajstić information content (AvgIpc) is 2.90. The molecule has 0 aliphatic heterocycles. The number of carbonyl (C=O) groups is 3. The molecular weight excluding hydrogens is 616 g/mol. The van der Waals surface area contributed by atoms with Crippen LogP contribution in [0.3, 0.4) is 0 Å². The molecule has 0 rings (SSSR count). The van der Waals surface area contributed by atoms with E-state index in [1.54, 1.807) is 0 Å². The monoisotopic (exact) mass is 650 g/mol. The molecule has 0 saturated heterocycles. The number of esters is 1. The fourth-order valence-electron chi connectivity index (χ4n) is 2.29. The van der Waals surface area contributed by atoms with Crippen LogP contribution in [0.1, 0.15) is 2.85 Å². The second kappa shape index (κ2) is 23.8. The SMILES string of the molecule is O=C(O[C@@H](C(=O)[O-])[C@@H](O)[C@H](O)[C@H](O)CO)[C@H](O)[C@@H](O)[C@H](O)[C@H](O)CO.O=C([O-])[C@H](O)[C@@H](O)[C@H](O)[C@H](O)CO.[Ca+2].[Ca+2].[H-].[H-]. The molecular formula is C18H34Ca2O20. The van der Waals surface area contributed by atoms with Crippen LogP contribution in [0.15, 0.2) is 0 Å². The van der Waals surface area contributed by atoms with Gasteiger partial charge in [-0.2, -0.15) is 0 Å². The third-order valence-corrected chi connectivity index (χ3v) is 4.71. The van der Waals surface area contributed by atoms with E-state index in [4.69, 9.17) is 46.0 Å². The Morgan fingerprint density at radius 2 is 0.825 bits per heavy atom. The van der Waals surface area contributed by atoms with Gasteiger partial charge in [-0.3, -0.25) is 0 Å². The summed E-state index contributed by atoms with van der Waals surface area (Å²) in [6, 6.07) is 0. The topological polar surface area (TPSA) is 390 Å². The van der Waals surface area contributed by atoms with Gasteiger partial charge >= 0.3 is 81.4 Å².